The third-order valence-corrected chi connectivity index (χ3v) is 3.88. The second-order valence-corrected chi connectivity index (χ2v) is 5.80. The van der Waals surface area contributed by atoms with Crippen molar-refractivity contribution in [1.29, 1.82) is 0 Å². The summed E-state index contributed by atoms with van der Waals surface area (Å²) in [4.78, 5) is 24.9. The van der Waals surface area contributed by atoms with Crippen molar-refractivity contribution in [2.45, 2.75) is 12.5 Å². The summed E-state index contributed by atoms with van der Waals surface area (Å²) in [6.07, 6.45) is 1.78. The van der Waals surface area contributed by atoms with Crippen molar-refractivity contribution < 1.29 is 23.5 Å². The Kier molecular flexibility index (Phi) is 3.84. The summed E-state index contributed by atoms with van der Waals surface area (Å²) in [6, 6.07) is 1.43. The molecule has 1 heterocycles. The first-order valence-corrected chi connectivity index (χ1v) is 7.23. The Hall–Kier alpha value is -1.47. The summed E-state index contributed by atoms with van der Waals surface area (Å²) in [5.74, 6) is -3.47. The van der Waals surface area contributed by atoms with Gasteiger partial charge in [0.2, 0.25) is 0 Å². The number of thioether (sulfide) groups is 1. The number of hydrogen-bond acceptors (Lipinski definition) is 4. The highest BCUT2D eigenvalue weighted by molar-refractivity contribution is 7.98. The van der Waals surface area contributed by atoms with Crippen molar-refractivity contribution in [3.8, 4) is 0 Å². The summed E-state index contributed by atoms with van der Waals surface area (Å²) < 4.78 is 26.3. The van der Waals surface area contributed by atoms with Gasteiger partial charge in [0.05, 0.1) is 23.3 Å². The van der Waals surface area contributed by atoms with Crippen molar-refractivity contribution in [3.05, 3.63) is 34.9 Å². The number of aliphatic hydroxyl groups is 1. The number of amides is 2. The van der Waals surface area contributed by atoms with Gasteiger partial charge in [-0.3, -0.25) is 14.5 Å². The molecule has 1 aromatic carbocycles. The molecular formula is C13H13F2NO3S. The van der Waals surface area contributed by atoms with E-state index in [1.807, 2.05) is 0 Å². The van der Waals surface area contributed by atoms with Crippen LogP contribution < -0.4 is 0 Å². The van der Waals surface area contributed by atoms with Crippen LogP contribution in [-0.4, -0.2) is 46.0 Å². The minimum atomic E-state index is -1.26. The molecule has 0 bridgehead atoms. The highest BCUT2D eigenvalue weighted by Gasteiger charge is 2.40. The van der Waals surface area contributed by atoms with Crippen LogP contribution in [0.4, 0.5) is 8.78 Å². The van der Waals surface area contributed by atoms with Gasteiger partial charge in [-0.25, -0.2) is 8.78 Å². The van der Waals surface area contributed by atoms with Crippen LogP contribution in [-0.2, 0) is 0 Å². The molecule has 0 spiro atoms. The molecule has 0 fully saturated rings. The number of nitrogens with zero attached hydrogens (tertiary/aromatic N) is 1. The molecule has 1 atom stereocenters. The van der Waals surface area contributed by atoms with E-state index in [0.717, 1.165) is 4.90 Å². The van der Waals surface area contributed by atoms with Crippen LogP contribution in [0.25, 0.3) is 0 Å². The van der Waals surface area contributed by atoms with Crippen molar-refractivity contribution in [1.82, 2.24) is 4.90 Å². The topological polar surface area (TPSA) is 57.6 Å². The monoisotopic (exact) mass is 301 g/mol. The SMILES string of the molecule is CSCC(C)(O)CN1C(=O)c2cc(F)c(F)cc2C1=O. The lowest BCUT2D eigenvalue weighted by Crippen LogP contribution is -2.45. The van der Waals surface area contributed by atoms with E-state index >= 15 is 0 Å². The van der Waals surface area contributed by atoms with Gasteiger partial charge in [-0.2, -0.15) is 11.8 Å². The molecule has 1 unspecified atom stereocenters. The Morgan fingerprint density at radius 3 is 2.05 bits per heavy atom. The van der Waals surface area contributed by atoms with E-state index in [1.54, 1.807) is 6.26 Å². The van der Waals surface area contributed by atoms with E-state index in [4.69, 9.17) is 0 Å². The van der Waals surface area contributed by atoms with Crippen molar-refractivity contribution >= 4 is 23.6 Å². The maximum atomic E-state index is 13.2. The van der Waals surface area contributed by atoms with Crippen LogP contribution in [0, 0.1) is 11.6 Å². The molecule has 1 aliphatic rings. The molecule has 0 aromatic heterocycles. The Morgan fingerprint density at radius 2 is 1.65 bits per heavy atom. The Morgan fingerprint density at radius 1 is 1.20 bits per heavy atom. The predicted octanol–water partition coefficient (Wildman–Crippen LogP) is 1.67. The maximum Gasteiger partial charge on any atom is 0.261 e. The quantitative estimate of drug-likeness (QED) is 0.860. The number of rotatable bonds is 4. The van der Waals surface area contributed by atoms with Gasteiger partial charge in [-0.1, -0.05) is 0 Å². The zero-order chi connectivity index (χ0) is 15.1. The third kappa shape index (κ3) is 2.55. The number of halogens is 2. The van der Waals surface area contributed by atoms with Gasteiger partial charge in [0.1, 0.15) is 0 Å². The summed E-state index contributed by atoms with van der Waals surface area (Å²) >= 11 is 1.36. The van der Waals surface area contributed by atoms with Gasteiger partial charge in [0, 0.05) is 5.75 Å². The van der Waals surface area contributed by atoms with E-state index < -0.39 is 29.0 Å². The van der Waals surface area contributed by atoms with Crippen molar-refractivity contribution in [2.75, 3.05) is 18.6 Å². The zero-order valence-electron chi connectivity index (χ0n) is 10.9. The van der Waals surface area contributed by atoms with E-state index in [-0.39, 0.29) is 17.7 Å². The smallest absolute Gasteiger partial charge is 0.261 e. The Bertz CT molecular complexity index is 548. The average Bonchev–Trinajstić information content (AvgIpc) is 2.55. The normalized spacial score (nSPS) is 17.4. The van der Waals surface area contributed by atoms with E-state index in [0.29, 0.717) is 17.9 Å². The van der Waals surface area contributed by atoms with E-state index in [2.05, 4.69) is 0 Å². The number of β-amino-alcohol motifs (C(OH)–C–C–N with tert-alkyl or cyclic N) is 1. The molecule has 1 aromatic rings. The second-order valence-electron chi connectivity index (χ2n) is 4.94. The fourth-order valence-corrected chi connectivity index (χ4v) is 2.84. The molecule has 1 N–H and O–H groups in total. The molecule has 0 saturated carbocycles. The highest BCUT2D eigenvalue weighted by atomic mass is 32.2. The number of hydrogen-bond donors (Lipinski definition) is 1. The Labute approximate surface area is 118 Å². The first-order chi connectivity index (χ1) is 9.26. The highest BCUT2D eigenvalue weighted by Crippen LogP contribution is 2.27. The lowest BCUT2D eigenvalue weighted by Gasteiger charge is -2.27. The van der Waals surface area contributed by atoms with E-state index in [9.17, 15) is 23.5 Å². The van der Waals surface area contributed by atoms with Crippen LogP contribution in [0.1, 0.15) is 27.6 Å². The number of carbonyl (C=O) groups excluding carboxylic acids is 2. The van der Waals surface area contributed by atoms with E-state index in [1.165, 1.54) is 18.7 Å². The summed E-state index contributed by atoms with van der Waals surface area (Å²) in [5, 5.41) is 10.1. The predicted molar refractivity (Wildman–Crippen MR) is 70.7 cm³/mol. The molecule has 7 heteroatoms. The van der Waals surface area contributed by atoms with Gasteiger partial charge < -0.3 is 5.11 Å². The van der Waals surface area contributed by atoms with Gasteiger partial charge in [0.15, 0.2) is 11.6 Å². The molecule has 2 amide bonds. The fraction of sp³-hybridized carbons (Fsp3) is 0.385. The van der Waals surface area contributed by atoms with Gasteiger partial charge in [-0.15, -0.1) is 0 Å². The lowest BCUT2D eigenvalue weighted by atomic mass is 10.1. The molecule has 0 radical (unpaired) electrons. The minimum absolute atomic E-state index is 0.172. The fourth-order valence-electron chi connectivity index (χ4n) is 2.12. The van der Waals surface area contributed by atoms with Crippen molar-refractivity contribution in [3.63, 3.8) is 0 Å². The van der Waals surface area contributed by atoms with Crippen LogP contribution in [0.5, 0.6) is 0 Å². The van der Waals surface area contributed by atoms with Gasteiger partial charge >= 0.3 is 0 Å². The van der Waals surface area contributed by atoms with Crippen LogP contribution in [0.15, 0.2) is 12.1 Å². The maximum absolute atomic E-state index is 13.2. The Balaban J connectivity index is 2.33. The first-order valence-electron chi connectivity index (χ1n) is 5.83. The van der Waals surface area contributed by atoms with Crippen LogP contribution in [0.2, 0.25) is 0 Å². The molecule has 0 saturated heterocycles. The molecule has 4 nitrogen and oxygen atoms in total. The number of carbonyl (C=O) groups is 2. The average molecular weight is 301 g/mol. The number of fused-ring (bicyclic) bond motifs is 1. The molecule has 108 valence electrons. The molecule has 20 heavy (non-hydrogen) atoms. The van der Waals surface area contributed by atoms with Crippen LogP contribution in [0.3, 0.4) is 0 Å². The van der Waals surface area contributed by atoms with Crippen molar-refractivity contribution in [2.24, 2.45) is 0 Å². The van der Waals surface area contributed by atoms with Gasteiger partial charge in [-0.05, 0) is 25.3 Å². The molecule has 1 aliphatic heterocycles. The standard InChI is InChI=1S/C13H13F2NO3S/c1-13(19,6-20-2)5-16-11(17)7-3-9(14)10(15)4-8(7)12(16)18/h3-4,19H,5-6H2,1-2H3. The molecular weight excluding hydrogens is 288 g/mol. The third-order valence-electron chi connectivity index (χ3n) is 2.97. The first kappa shape index (κ1) is 14.9. The summed E-state index contributed by atoms with van der Waals surface area (Å²) in [6.45, 7) is 1.28. The summed E-state index contributed by atoms with van der Waals surface area (Å²) in [7, 11) is 0. The largest absolute Gasteiger partial charge is 0.387 e. The number of benzene rings is 1. The molecule has 0 aliphatic carbocycles. The van der Waals surface area contributed by atoms with Crippen LogP contribution >= 0.6 is 11.8 Å². The minimum Gasteiger partial charge on any atom is -0.387 e. The number of imide groups is 1. The van der Waals surface area contributed by atoms with Gasteiger partial charge in [0.25, 0.3) is 11.8 Å². The zero-order valence-corrected chi connectivity index (χ0v) is 11.8. The summed E-state index contributed by atoms with van der Waals surface area (Å²) in [5.41, 5.74) is -1.60. The molecule has 2 rings (SSSR count). The lowest BCUT2D eigenvalue weighted by molar-refractivity contribution is 0.0320. The second kappa shape index (κ2) is 5.14.